The van der Waals surface area contributed by atoms with Crippen molar-refractivity contribution in [3.63, 3.8) is 0 Å². The molecule has 1 aliphatic rings. The van der Waals surface area contributed by atoms with Gasteiger partial charge in [-0.3, -0.25) is 19.7 Å². The maximum Gasteiger partial charge on any atom is 0.336 e. The first kappa shape index (κ1) is 18.1. The van der Waals surface area contributed by atoms with Crippen LogP contribution in [0.5, 0.6) is 0 Å². The van der Waals surface area contributed by atoms with Gasteiger partial charge in [-0.05, 0) is 19.4 Å². The van der Waals surface area contributed by atoms with Gasteiger partial charge in [0, 0.05) is 23.7 Å². The Morgan fingerprint density at radius 2 is 2.08 bits per heavy atom. The van der Waals surface area contributed by atoms with Gasteiger partial charge < -0.3 is 15.8 Å². The molecule has 0 bridgehead atoms. The summed E-state index contributed by atoms with van der Waals surface area (Å²) in [4.78, 5) is 46.9. The molecule has 1 heterocycles. The van der Waals surface area contributed by atoms with Crippen LogP contribution < -0.4 is 11.1 Å². The quantitative estimate of drug-likeness (QED) is 0.348. The fraction of sp³-hybridized carbons (Fsp3) is 0.312. The minimum atomic E-state index is -1.38. The topological polar surface area (TPSA) is 142 Å². The zero-order chi connectivity index (χ0) is 18.7. The highest BCUT2D eigenvalue weighted by Crippen LogP contribution is 2.38. The van der Waals surface area contributed by atoms with Crippen LogP contribution in [0, 0.1) is 16.0 Å². The van der Waals surface area contributed by atoms with Crippen LogP contribution in [-0.2, 0) is 19.1 Å². The van der Waals surface area contributed by atoms with Gasteiger partial charge >= 0.3 is 5.97 Å². The molecule has 0 radical (unpaired) electrons. The summed E-state index contributed by atoms with van der Waals surface area (Å²) in [6.45, 7) is 3.20. The van der Waals surface area contributed by atoms with Crippen LogP contribution >= 0.6 is 0 Å². The summed E-state index contributed by atoms with van der Waals surface area (Å²) < 4.78 is 5.01. The van der Waals surface area contributed by atoms with Gasteiger partial charge in [-0.1, -0.05) is 12.1 Å². The Morgan fingerprint density at radius 3 is 2.64 bits per heavy atom. The molecule has 2 atom stereocenters. The average Bonchev–Trinajstić information content (AvgIpc) is 2.53. The number of benzene rings is 1. The molecule has 1 aliphatic heterocycles. The third-order valence-electron chi connectivity index (χ3n) is 3.88. The lowest BCUT2D eigenvalue weighted by atomic mass is 9.76. The third kappa shape index (κ3) is 3.49. The molecule has 2 rings (SSSR count). The molecule has 1 aromatic rings. The van der Waals surface area contributed by atoms with Crippen molar-refractivity contribution >= 4 is 23.5 Å². The molecule has 3 N–H and O–H groups in total. The van der Waals surface area contributed by atoms with E-state index in [4.69, 9.17) is 10.5 Å². The molecule has 0 saturated carbocycles. The van der Waals surface area contributed by atoms with Crippen molar-refractivity contribution in [3.05, 3.63) is 51.2 Å². The van der Waals surface area contributed by atoms with E-state index in [0.29, 0.717) is 0 Å². The number of non-ortho nitro benzene ring substituents is 1. The molecular weight excluding hydrogens is 330 g/mol. The summed E-state index contributed by atoms with van der Waals surface area (Å²) in [5.41, 5.74) is 5.65. The average molecular weight is 347 g/mol. The van der Waals surface area contributed by atoms with E-state index in [1.54, 1.807) is 6.92 Å². The van der Waals surface area contributed by atoms with E-state index in [0.717, 1.165) is 0 Å². The van der Waals surface area contributed by atoms with Crippen LogP contribution in [0.1, 0.15) is 25.3 Å². The number of nitrogens with two attached hydrogens (primary N) is 1. The first-order valence-electron chi connectivity index (χ1n) is 7.50. The minimum absolute atomic E-state index is 0.0470. The van der Waals surface area contributed by atoms with Crippen LogP contribution in [0.4, 0.5) is 5.69 Å². The molecule has 0 fully saturated rings. The maximum atomic E-state index is 12.4. The van der Waals surface area contributed by atoms with Crippen LogP contribution in [0.2, 0.25) is 0 Å². The van der Waals surface area contributed by atoms with Gasteiger partial charge in [0.25, 0.3) is 5.69 Å². The molecule has 0 saturated heterocycles. The van der Waals surface area contributed by atoms with E-state index >= 15 is 0 Å². The van der Waals surface area contributed by atoms with Crippen LogP contribution in [0.3, 0.4) is 0 Å². The Labute approximate surface area is 143 Å². The molecule has 1 aromatic carbocycles. The number of hydrogen-bond acceptors (Lipinski definition) is 6. The molecule has 0 aliphatic carbocycles. The largest absolute Gasteiger partial charge is 0.463 e. The number of carbonyl (C=O) groups excluding carboxylic acids is 3. The second-order valence-electron chi connectivity index (χ2n) is 5.46. The zero-order valence-electron chi connectivity index (χ0n) is 13.6. The van der Waals surface area contributed by atoms with E-state index in [1.165, 1.54) is 31.2 Å². The van der Waals surface area contributed by atoms with Crippen molar-refractivity contribution in [2.75, 3.05) is 6.61 Å². The summed E-state index contributed by atoms with van der Waals surface area (Å²) >= 11 is 0. The summed E-state index contributed by atoms with van der Waals surface area (Å²) in [5.74, 6) is -4.78. The molecule has 9 nitrogen and oxygen atoms in total. The Bertz CT molecular complexity index is 786. The molecule has 0 spiro atoms. The molecule has 9 heteroatoms. The van der Waals surface area contributed by atoms with Crippen molar-refractivity contribution in [2.45, 2.75) is 19.8 Å². The number of carbonyl (C=O) groups is 3. The molecular formula is C16H17N3O6. The highest BCUT2D eigenvalue weighted by Gasteiger charge is 2.44. The van der Waals surface area contributed by atoms with Crippen molar-refractivity contribution in [1.82, 2.24) is 5.32 Å². The van der Waals surface area contributed by atoms with Crippen LogP contribution in [-0.4, -0.2) is 29.3 Å². The van der Waals surface area contributed by atoms with Crippen molar-refractivity contribution in [2.24, 2.45) is 11.7 Å². The molecule has 2 amide bonds. The fourth-order valence-electron chi connectivity index (χ4n) is 2.85. The van der Waals surface area contributed by atoms with E-state index in [2.05, 4.69) is 5.32 Å². The van der Waals surface area contributed by atoms with Crippen molar-refractivity contribution in [1.29, 1.82) is 0 Å². The lowest BCUT2D eigenvalue weighted by Crippen LogP contribution is -2.47. The smallest absolute Gasteiger partial charge is 0.336 e. The second kappa shape index (κ2) is 7.12. The van der Waals surface area contributed by atoms with Crippen LogP contribution in [0.15, 0.2) is 35.5 Å². The molecule has 25 heavy (non-hydrogen) atoms. The predicted octanol–water partition coefficient (Wildman–Crippen LogP) is 0.747. The molecule has 2 unspecified atom stereocenters. The third-order valence-corrected chi connectivity index (χ3v) is 3.88. The van der Waals surface area contributed by atoms with E-state index in [9.17, 15) is 24.5 Å². The summed E-state index contributed by atoms with van der Waals surface area (Å²) in [6, 6.07) is 5.40. The lowest BCUT2D eigenvalue weighted by molar-refractivity contribution is -0.384. The number of nitro benzene ring substituents is 1. The standard InChI is InChI=1S/C16H17N3O6/c1-3-25-16(22)11-8(2)18-15(21)13(14(17)20)12(11)9-5-4-6-10(7-9)19(23)24/h4-7,12-13H,3H2,1-2H3,(H2,17,20)(H,18,21). The highest BCUT2D eigenvalue weighted by atomic mass is 16.6. The molecule has 0 aromatic heterocycles. The Morgan fingerprint density at radius 1 is 1.40 bits per heavy atom. The normalized spacial score (nSPS) is 20.0. The number of allylic oxidation sites excluding steroid dienone is 1. The lowest BCUT2D eigenvalue weighted by Gasteiger charge is -2.31. The highest BCUT2D eigenvalue weighted by molar-refractivity contribution is 6.06. The summed E-state index contributed by atoms with van der Waals surface area (Å²) in [7, 11) is 0. The molecule has 132 valence electrons. The Balaban J connectivity index is 2.67. The first-order chi connectivity index (χ1) is 11.8. The van der Waals surface area contributed by atoms with Crippen molar-refractivity contribution < 1.29 is 24.0 Å². The number of rotatable bonds is 5. The minimum Gasteiger partial charge on any atom is -0.463 e. The second-order valence-corrected chi connectivity index (χ2v) is 5.46. The predicted molar refractivity (Wildman–Crippen MR) is 86.0 cm³/mol. The number of esters is 1. The van der Waals surface area contributed by atoms with Gasteiger partial charge in [0.15, 0.2) is 0 Å². The van der Waals surface area contributed by atoms with E-state index < -0.39 is 34.5 Å². The first-order valence-corrected chi connectivity index (χ1v) is 7.50. The number of primary amides is 1. The van der Waals surface area contributed by atoms with Gasteiger partial charge in [-0.15, -0.1) is 0 Å². The van der Waals surface area contributed by atoms with Crippen LogP contribution in [0.25, 0.3) is 0 Å². The monoisotopic (exact) mass is 347 g/mol. The SMILES string of the molecule is CCOC(=O)C1=C(C)NC(=O)C(C(N)=O)C1c1cccc([N+](=O)[O-])c1. The summed E-state index contributed by atoms with van der Waals surface area (Å²) in [5, 5.41) is 13.5. The number of nitrogens with zero attached hydrogens (tertiary/aromatic N) is 1. The maximum absolute atomic E-state index is 12.4. The number of ether oxygens (including phenoxy) is 1. The van der Waals surface area contributed by atoms with E-state index in [-0.39, 0.29) is 29.1 Å². The van der Waals surface area contributed by atoms with Gasteiger partial charge in [-0.25, -0.2) is 4.79 Å². The van der Waals surface area contributed by atoms with Gasteiger partial charge in [0.1, 0.15) is 5.92 Å². The Kier molecular flexibility index (Phi) is 5.16. The number of hydrogen-bond donors (Lipinski definition) is 2. The fourth-order valence-corrected chi connectivity index (χ4v) is 2.85. The van der Waals surface area contributed by atoms with Crippen molar-refractivity contribution in [3.8, 4) is 0 Å². The van der Waals surface area contributed by atoms with E-state index in [1.807, 2.05) is 0 Å². The van der Waals surface area contributed by atoms with Gasteiger partial charge in [0.05, 0.1) is 17.1 Å². The number of amides is 2. The number of nitro groups is 1. The zero-order valence-corrected chi connectivity index (χ0v) is 13.6. The Hall–Kier alpha value is -3.23. The van der Waals surface area contributed by atoms with Gasteiger partial charge in [0.2, 0.25) is 11.8 Å². The summed E-state index contributed by atoms with van der Waals surface area (Å²) in [6.07, 6.45) is 0. The number of nitrogens with one attached hydrogen (secondary N) is 1. The van der Waals surface area contributed by atoms with Gasteiger partial charge in [-0.2, -0.15) is 0 Å².